The average molecular weight is 295 g/mol. The molecular weight excluding hydrogens is 284 g/mol. The number of anilines is 1. The van der Waals surface area contributed by atoms with Crippen LogP contribution < -0.4 is 5.32 Å². The molecule has 2 aliphatic rings. The van der Waals surface area contributed by atoms with E-state index in [-0.39, 0.29) is 17.9 Å². The van der Waals surface area contributed by atoms with Gasteiger partial charge in [0.25, 0.3) is 5.91 Å². The fourth-order valence-electron chi connectivity index (χ4n) is 2.46. The Kier molecular flexibility index (Phi) is 2.43. The van der Waals surface area contributed by atoms with Crippen LogP contribution in [0.4, 0.5) is 5.69 Å². The van der Waals surface area contributed by atoms with Gasteiger partial charge in [-0.25, -0.2) is 0 Å². The molecule has 0 unspecified atom stereocenters. The van der Waals surface area contributed by atoms with Crippen LogP contribution in [0.2, 0.25) is 0 Å². The lowest BCUT2D eigenvalue weighted by atomic mass is 10.1. The van der Waals surface area contributed by atoms with Crippen LogP contribution in [0.3, 0.4) is 0 Å². The summed E-state index contributed by atoms with van der Waals surface area (Å²) in [5.41, 5.74) is 1.18. The van der Waals surface area contributed by atoms with Crippen LogP contribution in [0.15, 0.2) is 22.7 Å². The maximum absolute atomic E-state index is 12.3. The number of benzene rings is 1. The third kappa shape index (κ3) is 1.65. The summed E-state index contributed by atoms with van der Waals surface area (Å²) < 4.78 is 0.844. The van der Waals surface area contributed by atoms with Crippen LogP contribution in [-0.2, 0) is 4.79 Å². The SMILES string of the molecule is O=C1Nc2ccc(Br)cc2C(=O)N2CCC[C@@H]12. The predicted octanol–water partition coefficient (Wildman–Crippen LogP) is 2.01. The molecule has 1 aromatic carbocycles. The molecule has 1 fully saturated rings. The summed E-state index contributed by atoms with van der Waals surface area (Å²) in [5, 5.41) is 2.83. The van der Waals surface area contributed by atoms with E-state index in [4.69, 9.17) is 0 Å². The molecular formula is C12H11BrN2O2. The molecule has 0 aliphatic carbocycles. The molecule has 0 spiro atoms. The highest BCUT2D eigenvalue weighted by molar-refractivity contribution is 9.10. The maximum atomic E-state index is 12.3. The lowest BCUT2D eigenvalue weighted by molar-refractivity contribution is -0.119. The third-order valence-corrected chi connectivity index (χ3v) is 3.78. The average Bonchev–Trinajstić information content (AvgIpc) is 2.76. The van der Waals surface area contributed by atoms with Gasteiger partial charge in [-0.2, -0.15) is 0 Å². The quantitative estimate of drug-likeness (QED) is 0.796. The Hall–Kier alpha value is -1.36. The van der Waals surface area contributed by atoms with Crippen molar-refractivity contribution in [3.05, 3.63) is 28.2 Å². The summed E-state index contributed by atoms with van der Waals surface area (Å²) in [4.78, 5) is 26.0. The minimum atomic E-state index is -0.298. The summed E-state index contributed by atoms with van der Waals surface area (Å²) >= 11 is 3.35. The second-order valence-electron chi connectivity index (χ2n) is 4.34. The van der Waals surface area contributed by atoms with E-state index in [1.807, 2.05) is 6.07 Å². The van der Waals surface area contributed by atoms with Crippen LogP contribution in [0.1, 0.15) is 23.2 Å². The first-order valence-corrected chi connectivity index (χ1v) is 6.37. The zero-order valence-corrected chi connectivity index (χ0v) is 10.7. The van der Waals surface area contributed by atoms with Crippen LogP contribution in [0.25, 0.3) is 0 Å². The molecule has 0 bridgehead atoms. The van der Waals surface area contributed by atoms with Crippen molar-refractivity contribution in [1.82, 2.24) is 4.90 Å². The highest BCUT2D eigenvalue weighted by atomic mass is 79.9. The Morgan fingerprint density at radius 1 is 1.35 bits per heavy atom. The van der Waals surface area contributed by atoms with E-state index in [2.05, 4.69) is 21.2 Å². The van der Waals surface area contributed by atoms with Crippen molar-refractivity contribution in [2.45, 2.75) is 18.9 Å². The number of nitrogens with one attached hydrogen (secondary N) is 1. The van der Waals surface area contributed by atoms with E-state index in [0.717, 1.165) is 17.3 Å². The molecule has 0 saturated carbocycles. The van der Waals surface area contributed by atoms with E-state index >= 15 is 0 Å². The number of carbonyl (C=O) groups is 2. The Bertz CT molecular complexity index is 515. The van der Waals surface area contributed by atoms with Crippen molar-refractivity contribution < 1.29 is 9.59 Å². The lowest BCUT2D eigenvalue weighted by Crippen LogP contribution is -2.40. The van der Waals surface area contributed by atoms with Gasteiger partial charge in [-0.1, -0.05) is 15.9 Å². The Balaban J connectivity index is 2.12. The molecule has 0 radical (unpaired) electrons. The zero-order chi connectivity index (χ0) is 12.0. The minimum Gasteiger partial charge on any atom is -0.327 e. The first-order chi connectivity index (χ1) is 8.16. The van der Waals surface area contributed by atoms with Gasteiger partial charge in [0.1, 0.15) is 6.04 Å². The zero-order valence-electron chi connectivity index (χ0n) is 9.07. The second kappa shape index (κ2) is 3.84. The molecule has 1 saturated heterocycles. The highest BCUT2D eigenvalue weighted by Crippen LogP contribution is 2.30. The number of halogens is 1. The fourth-order valence-corrected chi connectivity index (χ4v) is 2.82. The number of carbonyl (C=O) groups excluding carboxylic acids is 2. The molecule has 2 heterocycles. The Labute approximate surface area is 107 Å². The normalized spacial score (nSPS) is 22.9. The van der Waals surface area contributed by atoms with E-state index in [1.54, 1.807) is 17.0 Å². The number of hydrogen-bond donors (Lipinski definition) is 1. The number of hydrogen-bond acceptors (Lipinski definition) is 2. The monoisotopic (exact) mass is 294 g/mol. The van der Waals surface area contributed by atoms with Gasteiger partial charge in [-0.15, -0.1) is 0 Å². The highest BCUT2D eigenvalue weighted by Gasteiger charge is 2.38. The summed E-state index contributed by atoms with van der Waals surface area (Å²) in [6.45, 7) is 0.670. The van der Waals surface area contributed by atoms with Gasteiger partial charge in [0.15, 0.2) is 0 Å². The van der Waals surface area contributed by atoms with E-state index in [1.165, 1.54) is 0 Å². The number of nitrogens with zero attached hydrogens (tertiary/aromatic N) is 1. The van der Waals surface area contributed by atoms with Gasteiger partial charge in [0, 0.05) is 11.0 Å². The van der Waals surface area contributed by atoms with Crippen molar-refractivity contribution in [3.8, 4) is 0 Å². The molecule has 3 rings (SSSR count). The molecule has 2 aliphatic heterocycles. The minimum absolute atomic E-state index is 0.0536. The maximum Gasteiger partial charge on any atom is 0.256 e. The van der Waals surface area contributed by atoms with Crippen LogP contribution >= 0.6 is 15.9 Å². The molecule has 5 heteroatoms. The smallest absolute Gasteiger partial charge is 0.256 e. The largest absolute Gasteiger partial charge is 0.327 e. The molecule has 2 amide bonds. The molecule has 1 aromatic rings. The van der Waals surface area contributed by atoms with E-state index in [0.29, 0.717) is 17.8 Å². The molecule has 88 valence electrons. The van der Waals surface area contributed by atoms with Gasteiger partial charge in [-0.05, 0) is 31.0 Å². The van der Waals surface area contributed by atoms with Crippen molar-refractivity contribution in [1.29, 1.82) is 0 Å². The fraction of sp³-hybridized carbons (Fsp3) is 0.333. The number of amides is 2. The summed E-state index contributed by atoms with van der Waals surface area (Å²) in [6.07, 6.45) is 1.65. The second-order valence-corrected chi connectivity index (χ2v) is 5.25. The summed E-state index contributed by atoms with van der Waals surface area (Å²) in [5.74, 6) is -0.126. The van der Waals surface area contributed by atoms with Crippen molar-refractivity contribution in [2.24, 2.45) is 0 Å². The van der Waals surface area contributed by atoms with Gasteiger partial charge >= 0.3 is 0 Å². The molecule has 1 atom stereocenters. The number of rotatable bonds is 0. The van der Waals surface area contributed by atoms with Gasteiger partial charge < -0.3 is 10.2 Å². The first-order valence-electron chi connectivity index (χ1n) is 5.58. The van der Waals surface area contributed by atoms with Gasteiger partial charge in [-0.3, -0.25) is 9.59 Å². The molecule has 4 nitrogen and oxygen atoms in total. The number of fused-ring (bicyclic) bond motifs is 2. The standard InChI is InChI=1S/C12H11BrN2O2/c13-7-3-4-9-8(6-7)12(17)15-5-1-2-10(15)11(16)14-9/h3-4,6,10H,1-2,5H2,(H,14,16)/t10-/m0/s1. The van der Waals surface area contributed by atoms with E-state index in [9.17, 15) is 9.59 Å². The van der Waals surface area contributed by atoms with Crippen LogP contribution in [0.5, 0.6) is 0 Å². The lowest BCUT2D eigenvalue weighted by Gasteiger charge is -2.19. The molecule has 17 heavy (non-hydrogen) atoms. The summed E-state index contributed by atoms with van der Waals surface area (Å²) in [7, 11) is 0. The predicted molar refractivity (Wildman–Crippen MR) is 66.8 cm³/mol. The Morgan fingerprint density at radius 2 is 2.18 bits per heavy atom. The Morgan fingerprint density at radius 3 is 3.00 bits per heavy atom. The van der Waals surface area contributed by atoms with Crippen molar-refractivity contribution in [2.75, 3.05) is 11.9 Å². The van der Waals surface area contributed by atoms with Crippen molar-refractivity contribution in [3.63, 3.8) is 0 Å². The third-order valence-electron chi connectivity index (χ3n) is 3.29. The first kappa shape index (κ1) is 10.8. The van der Waals surface area contributed by atoms with Crippen molar-refractivity contribution >= 4 is 33.4 Å². The van der Waals surface area contributed by atoms with Gasteiger partial charge in [0.2, 0.25) is 5.91 Å². The molecule has 0 aromatic heterocycles. The summed E-state index contributed by atoms with van der Waals surface area (Å²) in [6, 6.07) is 5.05. The van der Waals surface area contributed by atoms with E-state index < -0.39 is 0 Å². The van der Waals surface area contributed by atoms with Crippen LogP contribution in [-0.4, -0.2) is 29.3 Å². The van der Waals surface area contributed by atoms with Crippen LogP contribution in [0, 0.1) is 0 Å². The molecule has 1 N–H and O–H groups in total. The topological polar surface area (TPSA) is 49.4 Å². The van der Waals surface area contributed by atoms with Gasteiger partial charge in [0.05, 0.1) is 11.3 Å².